The van der Waals surface area contributed by atoms with Gasteiger partial charge < -0.3 is 20.6 Å². The third-order valence-corrected chi connectivity index (χ3v) is 10.9. The number of nitrogens with zero attached hydrogens (tertiary/aromatic N) is 4. The third kappa shape index (κ3) is 4.50. The van der Waals surface area contributed by atoms with Gasteiger partial charge in [-0.05, 0) is 56.4 Å². The Kier molecular flexibility index (Phi) is 7.05. The van der Waals surface area contributed by atoms with Gasteiger partial charge in [0, 0.05) is 10.4 Å². The molecule has 1 aromatic heterocycles. The van der Waals surface area contributed by atoms with E-state index in [2.05, 4.69) is 20.9 Å². The Balaban J connectivity index is 1.35. The predicted molar refractivity (Wildman–Crippen MR) is 157 cm³/mol. The molecule has 1 spiro atoms. The van der Waals surface area contributed by atoms with Crippen molar-refractivity contribution >= 4 is 46.2 Å². The molecule has 6 rings (SSSR count). The normalized spacial score (nSPS) is 29.2. The lowest BCUT2D eigenvalue weighted by Crippen LogP contribution is -2.56. The van der Waals surface area contributed by atoms with Crippen molar-refractivity contribution in [1.29, 1.82) is 0 Å². The molecule has 4 heterocycles. The van der Waals surface area contributed by atoms with Crippen LogP contribution in [0.3, 0.4) is 0 Å². The molecule has 3 aliphatic rings. The summed E-state index contributed by atoms with van der Waals surface area (Å²) in [7, 11) is 0. The summed E-state index contributed by atoms with van der Waals surface area (Å²) in [6.45, 7) is 5.95. The average molecular weight is 577 g/mol. The Hall–Kier alpha value is -3.44. The molecule has 3 N–H and O–H groups in total. The number of aromatic nitrogens is 3. The molecule has 2 bridgehead atoms. The first-order valence-electron chi connectivity index (χ1n) is 14.2. The van der Waals surface area contributed by atoms with Gasteiger partial charge in [0.25, 0.3) is 0 Å². The quantitative estimate of drug-likeness (QED) is 0.357. The number of carbonyl (C=O) groups is 3. The van der Waals surface area contributed by atoms with Gasteiger partial charge in [-0.3, -0.25) is 14.4 Å². The Labute approximate surface area is 243 Å². The lowest BCUT2D eigenvalue weighted by molar-refractivity contribution is -0.143. The molecular weight excluding hydrogens is 540 g/mol. The summed E-state index contributed by atoms with van der Waals surface area (Å²) in [5.74, 6) is -1.80. The zero-order valence-corrected chi connectivity index (χ0v) is 24.3. The summed E-state index contributed by atoms with van der Waals surface area (Å²) in [6.07, 6.45) is 1.90. The lowest BCUT2D eigenvalue weighted by atomic mass is 9.66. The first kappa shape index (κ1) is 27.7. The van der Waals surface area contributed by atoms with Crippen LogP contribution in [0.25, 0.3) is 11.0 Å². The molecule has 2 unspecified atom stereocenters. The van der Waals surface area contributed by atoms with Crippen LogP contribution in [0.1, 0.15) is 40.0 Å². The summed E-state index contributed by atoms with van der Waals surface area (Å²) in [6, 6.07) is 15.4. The van der Waals surface area contributed by atoms with E-state index in [4.69, 9.17) is 0 Å². The molecule has 10 nitrogen and oxygen atoms in total. The first-order valence-corrected chi connectivity index (χ1v) is 15.1. The predicted octanol–water partition coefficient (Wildman–Crippen LogP) is 3.03. The second-order valence-corrected chi connectivity index (χ2v) is 14.0. The van der Waals surface area contributed by atoms with E-state index in [-0.39, 0.29) is 36.9 Å². The maximum Gasteiger partial charge on any atom is 0.245 e. The average Bonchev–Trinajstić information content (AvgIpc) is 3.66. The highest BCUT2D eigenvalue weighted by atomic mass is 32.2. The fraction of sp³-hybridized carbons (Fsp3) is 0.500. The van der Waals surface area contributed by atoms with E-state index in [1.165, 1.54) is 0 Å². The van der Waals surface area contributed by atoms with Crippen LogP contribution in [-0.4, -0.2) is 70.9 Å². The minimum atomic E-state index is -0.827. The highest BCUT2D eigenvalue weighted by Crippen LogP contribution is 2.71. The topological polar surface area (TPSA) is 129 Å². The van der Waals surface area contributed by atoms with Crippen molar-refractivity contribution in [2.75, 3.05) is 11.9 Å². The Morgan fingerprint density at radius 1 is 1.10 bits per heavy atom. The number of amides is 3. The Bertz CT molecular complexity index is 1480. The number of aliphatic hydroxyl groups is 1. The van der Waals surface area contributed by atoms with Crippen molar-refractivity contribution in [2.45, 2.75) is 68.3 Å². The van der Waals surface area contributed by atoms with Crippen LogP contribution in [0.15, 0.2) is 54.6 Å². The van der Waals surface area contributed by atoms with Crippen molar-refractivity contribution in [3.8, 4) is 0 Å². The number of hydrogen-bond donors (Lipinski definition) is 3. The van der Waals surface area contributed by atoms with E-state index in [1.807, 2.05) is 75.4 Å². The van der Waals surface area contributed by atoms with Crippen LogP contribution in [0, 0.1) is 17.8 Å². The molecule has 0 aliphatic carbocycles. The fourth-order valence-electron chi connectivity index (χ4n) is 7.30. The molecule has 3 aliphatic heterocycles. The van der Waals surface area contributed by atoms with Crippen LogP contribution in [0.4, 0.5) is 5.69 Å². The second-order valence-electron chi connectivity index (χ2n) is 12.1. The van der Waals surface area contributed by atoms with E-state index in [0.29, 0.717) is 24.9 Å². The van der Waals surface area contributed by atoms with Gasteiger partial charge in [-0.1, -0.05) is 49.4 Å². The fourth-order valence-corrected chi connectivity index (χ4v) is 9.65. The van der Waals surface area contributed by atoms with E-state index >= 15 is 0 Å². The molecule has 0 saturated carbocycles. The minimum absolute atomic E-state index is 0.0897. The number of para-hydroxylation sites is 2. The largest absolute Gasteiger partial charge is 0.394 e. The van der Waals surface area contributed by atoms with Crippen LogP contribution < -0.4 is 10.6 Å². The molecule has 2 aromatic carbocycles. The van der Waals surface area contributed by atoms with Gasteiger partial charge in [-0.15, -0.1) is 16.9 Å². The van der Waals surface area contributed by atoms with Crippen molar-refractivity contribution in [3.63, 3.8) is 0 Å². The van der Waals surface area contributed by atoms with E-state index < -0.39 is 33.4 Å². The Morgan fingerprint density at radius 2 is 1.83 bits per heavy atom. The molecule has 11 heteroatoms. The SMILES string of the molecule is CC(C)C[C@H](CO)N1C(=O)[C@@H]2[C@H](C(=O)Nc3ccccc3)[C@]3(C)CCC2(S3)C1C(=O)NCn1nnc2ccccc21. The standard InChI is InChI=1S/C30H36N6O4S/c1-18(2)15-20(16-37)36-25(27(39)31-17-35-22-12-8-7-11-21(22)33-34-35)30-14-13-29(3,41-30)23(24(30)28(36)40)26(38)32-19-9-5-4-6-10-19/h4-12,18,20,23-25,37H,13-17H2,1-3H3,(H,31,39)(H,32,38)/t20-,23-,24+,25?,29+,30?/m1/s1. The number of thioether (sulfide) groups is 1. The maximum absolute atomic E-state index is 14.4. The van der Waals surface area contributed by atoms with E-state index in [0.717, 1.165) is 11.0 Å². The highest BCUT2D eigenvalue weighted by molar-refractivity contribution is 8.02. The van der Waals surface area contributed by atoms with E-state index in [1.54, 1.807) is 21.3 Å². The molecule has 0 radical (unpaired) electrons. The summed E-state index contributed by atoms with van der Waals surface area (Å²) in [4.78, 5) is 44.0. The lowest BCUT2D eigenvalue weighted by Gasteiger charge is -2.37. The second kappa shape index (κ2) is 10.4. The number of hydrogen-bond acceptors (Lipinski definition) is 7. The Morgan fingerprint density at radius 3 is 2.56 bits per heavy atom. The molecular formula is C30H36N6O4S. The number of aliphatic hydroxyl groups excluding tert-OH is 1. The summed E-state index contributed by atoms with van der Waals surface area (Å²) in [5.41, 5.74) is 2.19. The molecule has 3 amide bonds. The molecule has 6 atom stereocenters. The van der Waals surface area contributed by atoms with Crippen molar-refractivity contribution in [3.05, 3.63) is 54.6 Å². The van der Waals surface area contributed by atoms with Gasteiger partial charge in [-0.2, -0.15) is 0 Å². The van der Waals surface area contributed by atoms with E-state index in [9.17, 15) is 19.5 Å². The zero-order valence-electron chi connectivity index (χ0n) is 23.5. The van der Waals surface area contributed by atoms with Gasteiger partial charge >= 0.3 is 0 Å². The van der Waals surface area contributed by atoms with Gasteiger partial charge in [0.15, 0.2) is 0 Å². The molecule has 3 saturated heterocycles. The van der Waals surface area contributed by atoms with Gasteiger partial charge in [0.05, 0.1) is 34.7 Å². The van der Waals surface area contributed by atoms with Crippen LogP contribution in [0.5, 0.6) is 0 Å². The summed E-state index contributed by atoms with van der Waals surface area (Å²) < 4.78 is 0.361. The van der Waals surface area contributed by atoms with Crippen LogP contribution in [-0.2, 0) is 21.1 Å². The number of carbonyl (C=O) groups excluding carboxylic acids is 3. The molecule has 3 fully saturated rings. The van der Waals surface area contributed by atoms with Crippen molar-refractivity contribution < 1.29 is 19.5 Å². The highest BCUT2D eigenvalue weighted by Gasteiger charge is 2.77. The molecule has 216 valence electrons. The summed E-state index contributed by atoms with van der Waals surface area (Å²) in [5, 5.41) is 24.9. The number of anilines is 1. The first-order chi connectivity index (χ1) is 19.7. The van der Waals surface area contributed by atoms with Gasteiger partial charge in [0.1, 0.15) is 18.2 Å². The molecule has 41 heavy (non-hydrogen) atoms. The number of nitrogens with one attached hydrogen (secondary N) is 2. The smallest absolute Gasteiger partial charge is 0.245 e. The minimum Gasteiger partial charge on any atom is -0.394 e. The number of likely N-dealkylation sites (tertiary alicyclic amines) is 1. The van der Waals surface area contributed by atoms with Crippen LogP contribution in [0.2, 0.25) is 0 Å². The number of benzene rings is 2. The van der Waals surface area contributed by atoms with Crippen molar-refractivity contribution in [2.24, 2.45) is 17.8 Å². The molecule has 3 aromatic rings. The number of fused-ring (bicyclic) bond motifs is 2. The van der Waals surface area contributed by atoms with Gasteiger partial charge in [-0.25, -0.2) is 4.68 Å². The monoisotopic (exact) mass is 576 g/mol. The zero-order chi connectivity index (χ0) is 28.9. The van der Waals surface area contributed by atoms with Gasteiger partial charge in [0.2, 0.25) is 17.7 Å². The number of rotatable bonds is 9. The maximum atomic E-state index is 14.4. The third-order valence-electron chi connectivity index (χ3n) is 8.96. The van der Waals surface area contributed by atoms with Crippen LogP contribution >= 0.6 is 11.8 Å². The van der Waals surface area contributed by atoms with Crippen molar-refractivity contribution in [1.82, 2.24) is 25.2 Å². The summed E-state index contributed by atoms with van der Waals surface area (Å²) >= 11 is 1.61.